The Hall–Kier alpha value is -3.02. The number of nitrogens with zero attached hydrogens (tertiary/aromatic N) is 1. The van der Waals surface area contributed by atoms with E-state index in [0.717, 1.165) is 12.8 Å². The fourth-order valence-electron chi connectivity index (χ4n) is 2.78. The van der Waals surface area contributed by atoms with E-state index in [-0.39, 0.29) is 5.91 Å². The summed E-state index contributed by atoms with van der Waals surface area (Å²) in [4.78, 5) is 25.9. The molecule has 2 aromatic rings. The highest BCUT2D eigenvalue weighted by atomic mass is 16.6. The quantitative estimate of drug-likeness (QED) is 0.919. The van der Waals surface area contributed by atoms with Crippen molar-refractivity contribution in [2.75, 3.05) is 23.9 Å². The second-order valence-electron chi connectivity index (χ2n) is 5.72. The molecule has 1 aliphatic heterocycles. The molecule has 1 N–H and O–H groups in total. The molecule has 0 radical (unpaired) electrons. The molecule has 1 aliphatic rings. The lowest BCUT2D eigenvalue weighted by Crippen LogP contribution is -2.35. The van der Waals surface area contributed by atoms with Crippen molar-refractivity contribution >= 4 is 23.4 Å². The highest BCUT2D eigenvalue weighted by Gasteiger charge is 2.23. The van der Waals surface area contributed by atoms with E-state index >= 15 is 0 Å². The molecule has 130 valence electrons. The van der Waals surface area contributed by atoms with Gasteiger partial charge in [-0.05, 0) is 43.2 Å². The van der Waals surface area contributed by atoms with E-state index in [1.807, 2.05) is 6.07 Å². The highest BCUT2D eigenvalue weighted by molar-refractivity contribution is 5.97. The Morgan fingerprint density at radius 2 is 1.92 bits per heavy atom. The van der Waals surface area contributed by atoms with Crippen LogP contribution in [0.4, 0.5) is 16.2 Å². The van der Waals surface area contributed by atoms with Crippen LogP contribution < -0.4 is 19.7 Å². The maximum absolute atomic E-state index is 12.2. The minimum atomic E-state index is -0.590. The maximum atomic E-state index is 12.2. The Morgan fingerprint density at radius 3 is 2.64 bits per heavy atom. The smallest absolute Gasteiger partial charge is 0.417 e. The molecule has 6 nitrogen and oxygen atoms in total. The van der Waals surface area contributed by atoms with Crippen LogP contribution in [-0.4, -0.2) is 25.7 Å². The van der Waals surface area contributed by atoms with E-state index in [0.29, 0.717) is 35.8 Å². The van der Waals surface area contributed by atoms with Gasteiger partial charge in [0.15, 0.2) is 0 Å². The molecule has 2 aromatic carbocycles. The molecule has 25 heavy (non-hydrogen) atoms. The summed E-state index contributed by atoms with van der Waals surface area (Å²) < 4.78 is 10.6. The Bertz CT molecular complexity index is 761. The second-order valence-corrected chi connectivity index (χ2v) is 5.72. The predicted molar refractivity (Wildman–Crippen MR) is 95.3 cm³/mol. The Kier molecular flexibility index (Phi) is 5.18. The molecule has 1 fully saturated rings. The van der Waals surface area contributed by atoms with Gasteiger partial charge in [0, 0.05) is 18.7 Å². The topological polar surface area (TPSA) is 67.9 Å². The third kappa shape index (κ3) is 4.09. The van der Waals surface area contributed by atoms with E-state index in [4.69, 9.17) is 9.47 Å². The number of rotatable bonds is 4. The van der Waals surface area contributed by atoms with Gasteiger partial charge >= 0.3 is 6.09 Å². The van der Waals surface area contributed by atoms with E-state index in [2.05, 4.69) is 5.32 Å². The number of anilines is 2. The number of nitrogens with one attached hydrogen (secondary N) is 1. The summed E-state index contributed by atoms with van der Waals surface area (Å²) >= 11 is 0. The summed E-state index contributed by atoms with van der Waals surface area (Å²) in [5.41, 5.74) is 1.19. The lowest BCUT2D eigenvalue weighted by molar-refractivity contribution is -0.119. The number of hydrogen-bond donors (Lipinski definition) is 1. The van der Waals surface area contributed by atoms with Gasteiger partial charge in [-0.3, -0.25) is 10.1 Å². The normalized spacial score (nSPS) is 14.1. The van der Waals surface area contributed by atoms with Crippen LogP contribution in [0.5, 0.6) is 11.5 Å². The van der Waals surface area contributed by atoms with Crippen molar-refractivity contribution < 1.29 is 19.1 Å². The molecule has 0 aromatic heterocycles. The van der Waals surface area contributed by atoms with E-state index in [1.54, 1.807) is 54.5 Å². The lowest BCUT2D eigenvalue weighted by Gasteiger charge is -2.28. The Balaban J connectivity index is 1.77. The molecule has 0 aliphatic carbocycles. The average Bonchev–Trinajstić information content (AvgIpc) is 2.63. The minimum absolute atomic E-state index is 0.0635. The van der Waals surface area contributed by atoms with Crippen LogP contribution in [0.2, 0.25) is 0 Å². The molecule has 6 heteroatoms. The van der Waals surface area contributed by atoms with Gasteiger partial charge in [0.05, 0.1) is 12.8 Å². The number of hydrogen-bond acceptors (Lipinski definition) is 4. The third-order valence-corrected chi connectivity index (χ3v) is 3.99. The van der Waals surface area contributed by atoms with Gasteiger partial charge in [-0.25, -0.2) is 4.79 Å². The number of carbonyl (C=O) groups is 2. The van der Waals surface area contributed by atoms with Crippen LogP contribution in [0.15, 0.2) is 48.5 Å². The van der Waals surface area contributed by atoms with Crippen molar-refractivity contribution in [1.82, 2.24) is 0 Å². The van der Waals surface area contributed by atoms with Crippen molar-refractivity contribution in [2.24, 2.45) is 0 Å². The molecule has 0 bridgehead atoms. The molecule has 0 unspecified atom stereocenters. The zero-order valence-corrected chi connectivity index (χ0v) is 14.0. The number of piperidine rings is 1. The lowest BCUT2D eigenvalue weighted by atomic mass is 10.1. The first kappa shape index (κ1) is 16.8. The summed E-state index contributed by atoms with van der Waals surface area (Å²) in [5.74, 6) is 1.12. The first-order valence-electron chi connectivity index (χ1n) is 8.19. The first-order valence-corrected chi connectivity index (χ1v) is 8.19. The van der Waals surface area contributed by atoms with Crippen LogP contribution in [0.25, 0.3) is 0 Å². The summed E-state index contributed by atoms with van der Waals surface area (Å²) in [7, 11) is 1.56. The summed E-state index contributed by atoms with van der Waals surface area (Å²) in [5, 5.41) is 2.68. The molecule has 0 atom stereocenters. The SMILES string of the molecule is COc1ccc(NC(=O)Oc2ccccc2)cc1N1CCCCC1=O. The zero-order chi connectivity index (χ0) is 17.6. The van der Waals surface area contributed by atoms with Gasteiger partial charge in [0.2, 0.25) is 5.91 Å². The molecule has 1 saturated heterocycles. The monoisotopic (exact) mass is 340 g/mol. The van der Waals surface area contributed by atoms with Crippen molar-refractivity contribution in [3.8, 4) is 11.5 Å². The van der Waals surface area contributed by atoms with Gasteiger partial charge in [-0.1, -0.05) is 18.2 Å². The summed E-state index contributed by atoms with van der Waals surface area (Å²) in [6.07, 6.45) is 1.78. The van der Waals surface area contributed by atoms with Crippen molar-refractivity contribution in [3.05, 3.63) is 48.5 Å². The maximum Gasteiger partial charge on any atom is 0.417 e. The van der Waals surface area contributed by atoms with Crippen molar-refractivity contribution in [1.29, 1.82) is 0 Å². The molecular formula is C19H20N2O4. The standard InChI is InChI=1S/C19H20N2O4/c1-24-17-11-10-14(13-16(17)21-12-6-5-9-18(21)22)20-19(23)25-15-7-3-2-4-8-15/h2-4,7-8,10-11,13H,5-6,9,12H2,1H3,(H,20,23). The largest absolute Gasteiger partial charge is 0.495 e. The first-order chi connectivity index (χ1) is 12.2. The van der Waals surface area contributed by atoms with Gasteiger partial charge in [-0.15, -0.1) is 0 Å². The fraction of sp³-hybridized carbons (Fsp3) is 0.263. The Labute approximate surface area is 146 Å². The third-order valence-electron chi connectivity index (χ3n) is 3.99. The average molecular weight is 340 g/mol. The molecule has 0 saturated carbocycles. The van der Waals surface area contributed by atoms with Crippen LogP contribution in [0.3, 0.4) is 0 Å². The van der Waals surface area contributed by atoms with E-state index in [1.165, 1.54) is 0 Å². The Morgan fingerprint density at radius 1 is 1.12 bits per heavy atom. The number of amides is 2. The van der Waals surface area contributed by atoms with Crippen LogP contribution in [0, 0.1) is 0 Å². The van der Waals surface area contributed by atoms with Crippen LogP contribution >= 0.6 is 0 Å². The van der Waals surface area contributed by atoms with Gasteiger partial charge in [-0.2, -0.15) is 0 Å². The molecule has 1 heterocycles. The second kappa shape index (κ2) is 7.70. The number of carbonyl (C=O) groups excluding carboxylic acids is 2. The van der Waals surface area contributed by atoms with Crippen molar-refractivity contribution in [2.45, 2.75) is 19.3 Å². The molecule has 3 rings (SSSR count). The number of para-hydroxylation sites is 1. The molecule has 2 amide bonds. The van der Waals surface area contributed by atoms with Crippen LogP contribution in [-0.2, 0) is 4.79 Å². The van der Waals surface area contributed by atoms with E-state index < -0.39 is 6.09 Å². The van der Waals surface area contributed by atoms with Gasteiger partial charge < -0.3 is 14.4 Å². The molecular weight excluding hydrogens is 320 g/mol. The van der Waals surface area contributed by atoms with Crippen LogP contribution in [0.1, 0.15) is 19.3 Å². The summed E-state index contributed by atoms with van der Waals surface area (Å²) in [6, 6.07) is 14.0. The minimum Gasteiger partial charge on any atom is -0.495 e. The highest BCUT2D eigenvalue weighted by Crippen LogP contribution is 2.33. The van der Waals surface area contributed by atoms with E-state index in [9.17, 15) is 9.59 Å². The van der Waals surface area contributed by atoms with Gasteiger partial charge in [0.25, 0.3) is 0 Å². The molecule has 0 spiro atoms. The zero-order valence-electron chi connectivity index (χ0n) is 14.0. The van der Waals surface area contributed by atoms with Crippen molar-refractivity contribution in [3.63, 3.8) is 0 Å². The fourth-order valence-corrected chi connectivity index (χ4v) is 2.78. The predicted octanol–water partition coefficient (Wildman–Crippen LogP) is 3.82. The number of benzene rings is 2. The number of ether oxygens (including phenoxy) is 2. The van der Waals surface area contributed by atoms with Gasteiger partial charge in [0.1, 0.15) is 11.5 Å². The summed E-state index contributed by atoms with van der Waals surface area (Å²) in [6.45, 7) is 0.646. The number of methoxy groups -OCH3 is 1.